The summed E-state index contributed by atoms with van der Waals surface area (Å²) in [5.41, 5.74) is 0.345. The van der Waals surface area contributed by atoms with Crippen LogP contribution in [0.3, 0.4) is 0 Å². The third-order valence-electron chi connectivity index (χ3n) is 3.42. The number of hydrogen-bond acceptors (Lipinski definition) is 1. The average molecular weight is 140 g/mol. The first-order valence-electron chi connectivity index (χ1n) is 4.39. The van der Waals surface area contributed by atoms with E-state index in [9.17, 15) is 0 Å². The minimum Gasteiger partial charge on any atom is -0.369 e. The van der Waals surface area contributed by atoms with Gasteiger partial charge in [0, 0.05) is 0 Å². The zero-order valence-electron chi connectivity index (χ0n) is 6.89. The summed E-state index contributed by atoms with van der Waals surface area (Å²) in [6.45, 7) is 5.71. The Labute approximate surface area is 62.8 Å². The third kappa shape index (κ3) is 0.731. The van der Waals surface area contributed by atoms with Gasteiger partial charge in [-0.2, -0.15) is 0 Å². The molecule has 0 aromatic carbocycles. The molecule has 1 nitrogen and oxygen atoms in total. The fourth-order valence-electron chi connectivity index (χ4n) is 2.36. The molecule has 1 saturated carbocycles. The van der Waals surface area contributed by atoms with Crippen molar-refractivity contribution in [2.45, 2.75) is 38.7 Å². The van der Waals surface area contributed by atoms with Crippen LogP contribution in [0, 0.1) is 11.8 Å². The monoisotopic (exact) mass is 140 g/mol. The average Bonchev–Trinajstić information content (AvgIpc) is 2.64. The number of hydrogen-bond donors (Lipinski definition) is 0. The Kier molecular flexibility index (Phi) is 1.31. The van der Waals surface area contributed by atoms with Crippen molar-refractivity contribution in [3.05, 3.63) is 0 Å². The van der Waals surface area contributed by atoms with Gasteiger partial charge in [0.1, 0.15) is 0 Å². The lowest BCUT2D eigenvalue weighted by atomic mass is 9.74. The van der Waals surface area contributed by atoms with Crippen molar-refractivity contribution in [1.82, 2.24) is 0 Å². The third-order valence-corrected chi connectivity index (χ3v) is 3.42. The van der Waals surface area contributed by atoms with E-state index >= 15 is 0 Å². The van der Waals surface area contributed by atoms with Crippen molar-refractivity contribution in [1.29, 1.82) is 0 Å². The Morgan fingerprint density at radius 3 is 2.00 bits per heavy atom. The van der Waals surface area contributed by atoms with Crippen molar-refractivity contribution in [3.8, 4) is 0 Å². The molecule has 0 aromatic heterocycles. The summed E-state index contributed by atoms with van der Waals surface area (Å²) in [4.78, 5) is 0. The van der Waals surface area contributed by atoms with Crippen LogP contribution in [0.25, 0.3) is 0 Å². The van der Waals surface area contributed by atoms with Gasteiger partial charge in [0.15, 0.2) is 0 Å². The zero-order valence-corrected chi connectivity index (χ0v) is 6.89. The molecule has 0 N–H and O–H groups in total. The maximum absolute atomic E-state index is 5.56. The summed E-state index contributed by atoms with van der Waals surface area (Å²) in [7, 11) is 0. The van der Waals surface area contributed by atoms with Crippen molar-refractivity contribution in [3.63, 3.8) is 0 Å². The lowest BCUT2D eigenvalue weighted by Gasteiger charge is -2.31. The second kappa shape index (κ2) is 1.97. The first-order valence-corrected chi connectivity index (χ1v) is 4.39. The highest BCUT2D eigenvalue weighted by Crippen LogP contribution is 2.49. The van der Waals surface area contributed by atoms with E-state index in [1.165, 1.54) is 19.3 Å². The van der Waals surface area contributed by atoms with E-state index in [0.29, 0.717) is 5.60 Å². The van der Waals surface area contributed by atoms with Crippen LogP contribution in [-0.2, 0) is 4.74 Å². The molecule has 0 bridgehead atoms. The van der Waals surface area contributed by atoms with Crippen molar-refractivity contribution in [2.24, 2.45) is 11.8 Å². The van der Waals surface area contributed by atoms with Crippen molar-refractivity contribution < 1.29 is 4.74 Å². The van der Waals surface area contributed by atoms with E-state index in [4.69, 9.17) is 4.74 Å². The van der Waals surface area contributed by atoms with Crippen molar-refractivity contribution >= 4 is 0 Å². The van der Waals surface area contributed by atoms with Gasteiger partial charge in [0.2, 0.25) is 0 Å². The van der Waals surface area contributed by atoms with E-state index in [1.807, 2.05) is 0 Å². The van der Waals surface area contributed by atoms with Crippen LogP contribution in [0.1, 0.15) is 33.1 Å². The second-order valence-corrected chi connectivity index (χ2v) is 3.98. The van der Waals surface area contributed by atoms with Crippen LogP contribution < -0.4 is 0 Å². The smallest absolute Gasteiger partial charge is 0.0967 e. The van der Waals surface area contributed by atoms with Gasteiger partial charge >= 0.3 is 0 Å². The molecule has 0 unspecified atom stereocenters. The summed E-state index contributed by atoms with van der Waals surface area (Å²) in [6.07, 6.45) is 4.17. The second-order valence-electron chi connectivity index (χ2n) is 3.98. The molecule has 2 atom stereocenters. The highest BCUT2D eigenvalue weighted by atomic mass is 16.6. The molecule has 1 heterocycles. The molecule has 0 amide bonds. The molecule has 0 radical (unpaired) electrons. The van der Waals surface area contributed by atoms with E-state index in [2.05, 4.69) is 13.8 Å². The summed E-state index contributed by atoms with van der Waals surface area (Å²) < 4.78 is 5.56. The predicted molar refractivity (Wildman–Crippen MR) is 40.9 cm³/mol. The van der Waals surface area contributed by atoms with Gasteiger partial charge in [-0.3, -0.25) is 0 Å². The topological polar surface area (TPSA) is 12.5 Å². The largest absolute Gasteiger partial charge is 0.369 e. The van der Waals surface area contributed by atoms with Gasteiger partial charge in [-0.25, -0.2) is 0 Å². The van der Waals surface area contributed by atoms with E-state index in [1.54, 1.807) is 0 Å². The zero-order chi connectivity index (χ0) is 7.19. The Balaban J connectivity index is 2.11. The molecule has 1 saturated heterocycles. The van der Waals surface area contributed by atoms with Gasteiger partial charge in [-0.15, -0.1) is 0 Å². The first kappa shape index (κ1) is 6.66. The standard InChI is InChI=1S/C9H16O/c1-7-4-3-5-8(2)9(7)6-10-9/h7-8H,3-6H2,1-2H3/t7-,8-/m0/s1. The number of ether oxygens (including phenoxy) is 1. The molecular weight excluding hydrogens is 124 g/mol. The van der Waals surface area contributed by atoms with Gasteiger partial charge < -0.3 is 4.74 Å². The lowest BCUT2D eigenvalue weighted by molar-refractivity contribution is 0.114. The normalized spacial score (nSPS) is 43.8. The fourth-order valence-corrected chi connectivity index (χ4v) is 2.36. The van der Waals surface area contributed by atoms with E-state index in [0.717, 1.165) is 18.4 Å². The van der Waals surface area contributed by atoms with E-state index in [-0.39, 0.29) is 0 Å². The Bertz CT molecular complexity index is 126. The Hall–Kier alpha value is -0.0400. The molecule has 2 fully saturated rings. The maximum Gasteiger partial charge on any atom is 0.0967 e. The highest BCUT2D eigenvalue weighted by molar-refractivity contribution is 5.02. The molecular formula is C9H16O. The Morgan fingerprint density at radius 2 is 1.70 bits per heavy atom. The lowest BCUT2D eigenvalue weighted by Crippen LogP contribution is -2.33. The molecule has 1 spiro atoms. The van der Waals surface area contributed by atoms with Gasteiger partial charge in [-0.05, 0) is 24.7 Å². The number of rotatable bonds is 0. The number of epoxide rings is 1. The van der Waals surface area contributed by atoms with Gasteiger partial charge in [-0.1, -0.05) is 20.3 Å². The van der Waals surface area contributed by atoms with Crippen molar-refractivity contribution in [2.75, 3.05) is 6.61 Å². The van der Waals surface area contributed by atoms with Crippen LogP contribution in [0.15, 0.2) is 0 Å². The van der Waals surface area contributed by atoms with Crippen LogP contribution in [0.2, 0.25) is 0 Å². The maximum atomic E-state index is 5.56. The quantitative estimate of drug-likeness (QED) is 0.470. The summed E-state index contributed by atoms with van der Waals surface area (Å²) >= 11 is 0. The predicted octanol–water partition coefficient (Wildman–Crippen LogP) is 2.21. The highest BCUT2D eigenvalue weighted by Gasteiger charge is 2.54. The minimum atomic E-state index is 0.345. The molecule has 10 heavy (non-hydrogen) atoms. The van der Waals surface area contributed by atoms with E-state index < -0.39 is 0 Å². The molecule has 1 aliphatic heterocycles. The molecule has 0 aromatic rings. The van der Waals surface area contributed by atoms with Crippen LogP contribution in [0.4, 0.5) is 0 Å². The molecule has 2 rings (SSSR count). The summed E-state index contributed by atoms with van der Waals surface area (Å²) in [5, 5.41) is 0. The van der Waals surface area contributed by atoms with Crippen LogP contribution >= 0.6 is 0 Å². The molecule has 58 valence electrons. The first-order chi connectivity index (χ1) is 4.76. The van der Waals surface area contributed by atoms with Crippen LogP contribution in [-0.4, -0.2) is 12.2 Å². The molecule has 2 aliphatic rings. The molecule has 1 heteroatoms. The van der Waals surface area contributed by atoms with Gasteiger partial charge in [0.05, 0.1) is 12.2 Å². The van der Waals surface area contributed by atoms with Gasteiger partial charge in [0.25, 0.3) is 0 Å². The summed E-state index contributed by atoms with van der Waals surface area (Å²) in [6, 6.07) is 0. The SMILES string of the molecule is C[C@H]1CCC[C@H](C)C12CO2. The fraction of sp³-hybridized carbons (Fsp3) is 1.00. The molecule has 1 aliphatic carbocycles. The minimum absolute atomic E-state index is 0.345. The summed E-state index contributed by atoms with van der Waals surface area (Å²) in [5.74, 6) is 1.63. The van der Waals surface area contributed by atoms with Crippen LogP contribution in [0.5, 0.6) is 0 Å². The Morgan fingerprint density at radius 1 is 1.20 bits per heavy atom.